The van der Waals surface area contributed by atoms with Crippen molar-refractivity contribution in [1.82, 2.24) is 0 Å². The number of hydrogen-bond acceptors (Lipinski definition) is 5. The van der Waals surface area contributed by atoms with E-state index in [2.05, 4.69) is 68.8 Å². The van der Waals surface area contributed by atoms with E-state index in [9.17, 15) is 0 Å². The van der Waals surface area contributed by atoms with Crippen LogP contribution in [-0.4, -0.2) is 11.4 Å². The van der Waals surface area contributed by atoms with E-state index in [1.165, 1.54) is 15.3 Å². The Hall–Kier alpha value is -1.82. The smallest absolute Gasteiger partial charge is 0.103 e. The van der Waals surface area contributed by atoms with Gasteiger partial charge in [0.2, 0.25) is 0 Å². The summed E-state index contributed by atoms with van der Waals surface area (Å²) in [4.78, 5) is 3.64. The lowest BCUT2D eigenvalue weighted by Crippen LogP contribution is -1.98. The van der Waals surface area contributed by atoms with Crippen LogP contribution in [0.2, 0.25) is 0 Å². The molecule has 0 saturated heterocycles. The van der Waals surface area contributed by atoms with Crippen molar-refractivity contribution in [3.63, 3.8) is 0 Å². The van der Waals surface area contributed by atoms with Crippen LogP contribution in [0.3, 0.4) is 0 Å². The van der Waals surface area contributed by atoms with Gasteiger partial charge in [0.15, 0.2) is 0 Å². The van der Waals surface area contributed by atoms with Gasteiger partial charge in [0.05, 0.1) is 15.5 Å². The molecule has 2 nitrogen and oxygen atoms in total. The Kier molecular flexibility index (Phi) is 3.84. The molecule has 22 heavy (non-hydrogen) atoms. The van der Waals surface area contributed by atoms with Gasteiger partial charge in [-0.25, -0.2) is 0 Å². The second-order valence-corrected chi connectivity index (χ2v) is 7.65. The van der Waals surface area contributed by atoms with Gasteiger partial charge in [0, 0.05) is 11.3 Å². The average Bonchev–Trinajstić information content (AvgIpc) is 3.28. The summed E-state index contributed by atoms with van der Waals surface area (Å²) in [6.45, 7) is 0. The minimum Gasteiger partial charge on any atom is -0.153 e. The van der Waals surface area contributed by atoms with E-state index in [4.69, 9.17) is 0 Å². The van der Waals surface area contributed by atoms with Crippen LogP contribution in [-0.2, 0) is 0 Å². The van der Waals surface area contributed by atoms with Crippen molar-refractivity contribution in [2.45, 2.75) is 6.42 Å². The van der Waals surface area contributed by atoms with E-state index in [1.54, 1.807) is 34.0 Å². The highest BCUT2D eigenvalue weighted by Gasteiger charge is 2.16. The molecule has 108 valence electrons. The standard InChI is InChI=1S/C17H12N2S3/c1-4-15(20-7-1)12-10-13(16-5-2-8-21-16)18-19-14(11-12)17-6-3-9-22-17/h1-10H,11H2. The fraction of sp³-hybridized carbons (Fsp3) is 0.0588. The Morgan fingerprint density at radius 2 is 1.36 bits per heavy atom. The fourth-order valence-corrected chi connectivity index (χ4v) is 4.45. The van der Waals surface area contributed by atoms with E-state index in [1.807, 2.05) is 0 Å². The summed E-state index contributed by atoms with van der Waals surface area (Å²) in [6, 6.07) is 12.6. The number of rotatable bonds is 3. The van der Waals surface area contributed by atoms with Crippen LogP contribution in [0.1, 0.15) is 21.1 Å². The molecule has 0 atom stereocenters. The summed E-state index contributed by atoms with van der Waals surface area (Å²) in [7, 11) is 0. The largest absolute Gasteiger partial charge is 0.153 e. The molecule has 4 rings (SSSR count). The Morgan fingerprint density at radius 1 is 0.727 bits per heavy atom. The molecule has 1 aliphatic rings. The Bertz CT molecular complexity index is 836. The highest BCUT2D eigenvalue weighted by atomic mass is 32.1. The molecule has 0 N–H and O–H groups in total. The Morgan fingerprint density at radius 3 is 2.00 bits per heavy atom. The molecule has 3 aromatic heterocycles. The van der Waals surface area contributed by atoms with Crippen LogP contribution in [0, 0.1) is 0 Å². The first-order chi connectivity index (χ1) is 10.9. The first-order valence-corrected chi connectivity index (χ1v) is 9.51. The monoisotopic (exact) mass is 340 g/mol. The molecule has 0 amide bonds. The molecule has 3 aromatic rings. The van der Waals surface area contributed by atoms with Gasteiger partial charge in [-0.05, 0) is 46.0 Å². The topological polar surface area (TPSA) is 24.7 Å². The van der Waals surface area contributed by atoms with Crippen molar-refractivity contribution in [2.24, 2.45) is 10.2 Å². The lowest BCUT2D eigenvalue weighted by molar-refractivity contribution is 1.23. The zero-order valence-electron chi connectivity index (χ0n) is 11.6. The quantitative estimate of drug-likeness (QED) is 0.597. The summed E-state index contributed by atoms with van der Waals surface area (Å²) >= 11 is 5.18. The summed E-state index contributed by atoms with van der Waals surface area (Å²) in [6.07, 6.45) is 3.00. The number of nitrogens with zero attached hydrogens (tertiary/aromatic N) is 2. The fourth-order valence-electron chi connectivity index (χ4n) is 2.32. The molecule has 4 heterocycles. The maximum absolute atomic E-state index is 4.54. The van der Waals surface area contributed by atoms with Crippen molar-refractivity contribution < 1.29 is 0 Å². The summed E-state index contributed by atoms with van der Waals surface area (Å²) in [5.41, 5.74) is 3.28. The molecule has 0 spiro atoms. The lowest BCUT2D eigenvalue weighted by atomic mass is 10.0. The minimum absolute atomic E-state index is 0.819. The molecule has 1 aliphatic heterocycles. The van der Waals surface area contributed by atoms with E-state index < -0.39 is 0 Å². The van der Waals surface area contributed by atoms with E-state index in [0.717, 1.165) is 22.7 Å². The second kappa shape index (κ2) is 6.12. The summed E-state index contributed by atoms with van der Waals surface area (Å²) in [5.74, 6) is 0. The first-order valence-electron chi connectivity index (χ1n) is 6.87. The van der Waals surface area contributed by atoms with Gasteiger partial charge in [-0.3, -0.25) is 0 Å². The van der Waals surface area contributed by atoms with Gasteiger partial charge < -0.3 is 0 Å². The number of thiophene rings is 3. The molecule has 0 fully saturated rings. The molecule has 0 bridgehead atoms. The van der Waals surface area contributed by atoms with Gasteiger partial charge in [-0.2, -0.15) is 5.10 Å². The average molecular weight is 340 g/mol. The maximum Gasteiger partial charge on any atom is 0.103 e. The van der Waals surface area contributed by atoms with E-state index in [-0.39, 0.29) is 0 Å². The highest BCUT2D eigenvalue weighted by molar-refractivity contribution is 7.13. The first kappa shape index (κ1) is 13.8. The van der Waals surface area contributed by atoms with Crippen LogP contribution in [0.4, 0.5) is 0 Å². The van der Waals surface area contributed by atoms with Crippen molar-refractivity contribution in [3.05, 3.63) is 73.2 Å². The molecular formula is C17H12N2S3. The number of hydrogen-bond donors (Lipinski definition) is 0. The summed E-state index contributed by atoms with van der Waals surface area (Å²) in [5, 5.41) is 15.3. The third-order valence-electron chi connectivity index (χ3n) is 3.36. The third kappa shape index (κ3) is 2.75. The van der Waals surface area contributed by atoms with Crippen molar-refractivity contribution >= 4 is 51.0 Å². The predicted molar refractivity (Wildman–Crippen MR) is 98.6 cm³/mol. The second-order valence-electron chi connectivity index (χ2n) is 4.81. The van der Waals surface area contributed by atoms with E-state index >= 15 is 0 Å². The molecule has 0 radical (unpaired) electrons. The predicted octanol–water partition coefficient (Wildman–Crippen LogP) is 5.55. The molecule has 0 aromatic carbocycles. The molecule has 0 unspecified atom stereocenters. The zero-order valence-corrected chi connectivity index (χ0v) is 14.0. The van der Waals surface area contributed by atoms with Crippen LogP contribution in [0.15, 0.2) is 68.8 Å². The number of allylic oxidation sites excluding steroid dienone is 2. The zero-order chi connectivity index (χ0) is 14.8. The van der Waals surface area contributed by atoms with Gasteiger partial charge in [0.1, 0.15) is 5.71 Å². The molecular weight excluding hydrogens is 328 g/mol. The van der Waals surface area contributed by atoms with Crippen molar-refractivity contribution in [1.29, 1.82) is 0 Å². The Labute approximate surface area is 140 Å². The molecule has 0 saturated carbocycles. The Balaban J connectivity index is 1.81. The van der Waals surface area contributed by atoms with E-state index in [0.29, 0.717) is 0 Å². The maximum atomic E-state index is 4.54. The van der Waals surface area contributed by atoms with Gasteiger partial charge in [-0.1, -0.05) is 18.2 Å². The van der Waals surface area contributed by atoms with Gasteiger partial charge in [-0.15, -0.1) is 39.1 Å². The van der Waals surface area contributed by atoms with Crippen LogP contribution < -0.4 is 0 Å². The highest BCUT2D eigenvalue weighted by Crippen LogP contribution is 2.29. The van der Waals surface area contributed by atoms with Gasteiger partial charge in [0.25, 0.3) is 0 Å². The van der Waals surface area contributed by atoms with Crippen LogP contribution in [0.5, 0.6) is 0 Å². The minimum atomic E-state index is 0.819. The molecule has 0 aliphatic carbocycles. The lowest BCUT2D eigenvalue weighted by Gasteiger charge is -2.04. The van der Waals surface area contributed by atoms with Crippen LogP contribution in [0.25, 0.3) is 5.57 Å². The van der Waals surface area contributed by atoms with Crippen LogP contribution >= 0.6 is 34.0 Å². The van der Waals surface area contributed by atoms with Crippen molar-refractivity contribution in [3.8, 4) is 0 Å². The van der Waals surface area contributed by atoms with Crippen molar-refractivity contribution in [2.75, 3.05) is 0 Å². The summed E-state index contributed by atoms with van der Waals surface area (Å²) < 4.78 is 0. The molecule has 5 heteroatoms. The SMILES string of the molecule is C1=C(c2cccs2)CC(c2cccs2)=NN=C1c1cccs1. The van der Waals surface area contributed by atoms with Gasteiger partial charge >= 0.3 is 0 Å². The normalized spacial score (nSPS) is 15.0. The third-order valence-corrected chi connectivity index (χ3v) is 6.12.